The van der Waals surface area contributed by atoms with E-state index < -0.39 is 0 Å². The van der Waals surface area contributed by atoms with Crippen molar-refractivity contribution in [1.82, 2.24) is 0 Å². The Bertz CT molecular complexity index is 145. The lowest BCUT2D eigenvalue weighted by Crippen LogP contribution is -2.25. The van der Waals surface area contributed by atoms with Gasteiger partial charge in [0.25, 0.3) is 0 Å². The molecule has 0 spiro atoms. The molecule has 0 bridgehead atoms. The molecule has 1 rings (SSSR count). The molecule has 0 aromatic heterocycles. The van der Waals surface area contributed by atoms with Gasteiger partial charge in [-0.1, -0.05) is 12.1 Å². The summed E-state index contributed by atoms with van der Waals surface area (Å²) in [6.45, 7) is 2.92. The molecule has 1 unspecified atom stereocenters. The molecule has 11 heavy (non-hydrogen) atoms. The van der Waals surface area contributed by atoms with Crippen molar-refractivity contribution in [3.63, 3.8) is 0 Å². The van der Waals surface area contributed by atoms with Gasteiger partial charge in [-0.3, -0.25) is 0 Å². The Morgan fingerprint density at radius 3 is 3.18 bits per heavy atom. The summed E-state index contributed by atoms with van der Waals surface area (Å²) in [4.78, 5) is 4.71. The van der Waals surface area contributed by atoms with Crippen molar-refractivity contribution in [2.24, 2.45) is 5.16 Å². The zero-order valence-electron chi connectivity index (χ0n) is 7.17. The van der Waals surface area contributed by atoms with Gasteiger partial charge in [-0.2, -0.15) is 0 Å². The smallest absolute Gasteiger partial charge is 0.106 e. The van der Waals surface area contributed by atoms with Crippen molar-refractivity contribution in [2.45, 2.75) is 32.3 Å². The monoisotopic (exact) mass is 157 g/mol. The first-order chi connectivity index (χ1) is 5.36. The highest BCUT2D eigenvalue weighted by Crippen LogP contribution is 2.13. The van der Waals surface area contributed by atoms with Crippen LogP contribution in [0.5, 0.6) is 0 Å². The second-order valence-corrected chi connectivity index (χ2v) is 2.70. The normalized spacial score (nSPS) is 28.9. The van der Waals surface area contributed by atoms with Crippen molar-refractivity contribution >= 4 is 5.71 Å². The summed E-state index contributed by atoms with van der Waals surface area (Å²) < 4.78 is 5.47. The van der Waals surface area contributed by atoms with Crippen LogP contribution < -0.4 is 0 Å². The molecule has 3 nitrogen and oxygen atoms in total. The highest BCUT2D eigenvalue weighted by molar-refractivity contribution is 5.85. The average molecular weight is 157 g/mol. The van der Waals surface area contributed by atoms with E-state index in [1.54, 1.807) is 7.11 Å². The van der Waals surface area contributed by atoms with Gasteiger partial charge in [0.2, 0.25) is 0 Å². The lowest BCUT2D eigenvalue weighted by Gasteiger charge is -2.21. The van der Waals surface area contributed by atoms with Gasteiger partial charge in [-0.05, 0) is 6.42 Å². The van der Waals surface area contributed by atoms with Gasteiger partial charge in [0.1, 0.15) is 7.11 Å². The number of hydrogen-bond donors (Lipinski definition) is 0. The van der Waals surface area contributed by atoms with E-state index in [9.17, 15) is 0 Å². The molecule has 0 aliphatic carbocycles. The fraction of sp³-hybridized carbons (Fsp3) is 0.875. The average Bonchev–Trinajstić information content (AvgIpc) is 2.06. The zero-order chi connectivity index (χ0) is 8.10. The molecule has 0 radical (unpaired) electrons. The van der Waals surface area contributed by atoms with Crippen LogP contribution in [0.1, 0.15) is 26.2 Å². The van der Waals surface area contributed by atoms with Gasteiger partial charge < -0.3 is 9.57 Å². The van der Waals surface area contributed by atoms with Gasteiger partial charge in [0.05, 0.1) is 18.4 Å². The maximum atomic E-state index is 5.47. The Balaban J connectivity index is 2.39. The van der Waals surface area contributed by atoms with Gasteiger partial charge in [-0.25, -0.2) is 0 Å². The molecule has 0 saturated carbocycles. The quantitative estimate of drug-likeness (QED) is 0.570. The molecule has 1 atom stereocenters. The number of hydrogen-bond acceptors (Lipinski definition) is 3. The lowest BCUT2D eigenvalue weighted by atomic mass is 10.1. The van der Waals surface area contributed by atoms with Crippen molar-refractivity contribution < 1.29 is 9.57 Å². The van der Waals surface area contributed by atoms with E-state index in [4.69, 9.17) is 9.57 Å². The summed E-state index contributed by atoms with van der Waals surface area (Å²) in [5, 5.41) is 3.92. The second-order valence-electron chi connectivity index (χ2n) is 2.70. The topological polar surface area (TPSA) is 30.8 Å². The molecular formula is C8H15NO2. The highest BCUT2D eigenvalue weighted by atomic mass is 16.6. The number of rotatable bonds is 2. The summed E-state index contributed by atoms with van der Waals surface area (Å²) in [5.74, 6) is 0. The van der Waals surface area contributed by atoms with E-state index in [0.717, 1.165) is 31.6 Å². The van der Waals surface area contributed by atoms with Crippen LogP contribution in [-0.2, 0) is 9.57 Å². The third-order valence-corrected chi connectivity index (χ3v) is 1.88. The van der Waals surface area contributed by atoms with Crippen LogP contribution in [0.25, 0.3) is 0 Å². The Kier molecular flexibility index (Phi) is 3.36. The predicted molar refractivity (Wildman–Crippen MR) is 43.7 cm³/mol. The van der Waals surface area contributed by atoms with Crippen LogP contribution in [-0.4, -0.2) is 25.5 Å². The van der Waals surface area contributed by atoms with E-state index in [1.807, 2.05) is 0 Å². The molecule has 0 aromatic carbocycles. The molecule has 1 saturated heterocycles. The first kappa shape index (κ1) is 8.53. The van der Waals surface area contributed by atoms with Crippen LogP contribution in [0.3, 0.4) is 0 Å². The van der Waals surface area contributed by atoms with Crippen molar-refractivity contribution in [2.75, 3.05) is 13.7 Å². The molecule has 0 amide bonds. The second kappa shape index (κ2) is 4.34. The van der Waals surface area contributed by atoms with Crippen LogP contribution in [0, 0.1) is 0 Å². The van der Waals surface area contributed by atoms with Crippen LogP contribution in [0.4, 0.5) is 0 Å². The summed E-state index contributed by atoms with van der Waals surface area (Å²) in [7, 11) is 1.59. The van der Waals surface area contributed by atoms with Crippen molar-refractivity contribution in [3.05, 3.63) is 0 Å². The minimum absolute atomic E-state index is 0.359. The summed E-state index contributed by atoms with van der Waals surface area (Å²) >= 11 is 0. The van der Waals surface area contributed by atoms with E-state index in [1.165, 1.54) is 0 Å². The molecule has 1 heterocycles. The third kappa shape index (κ3) is 2.50. The molecule has 1 fully saturated rings. The van der Waals surface area contributed by atoms with Crippen molar-refractivity contribution in [3.8, 4) is 0 Å². The molecule has 64 valence electrons. The Morgan fingerprint density at radius 2 is 2.55 bits per heavy atom. The van der Waals surface area contributed by atoms with Gasteiger partial charge in [-0.15, -0.1) is 0 Å². The van der Waals surface area contributed by atoms with Crippen molar-refractivity contribution in [1.29, 1.82) is 0 Å². The largest absolute Gasteiger partial charge is 0.399 e. The first-order valence-corrected chi connectivity index (χ1v) is 4.07. The van der Waals surface area contributed by atoms with Gasteiger partial charge in [0, 0.05) is 12.8 Å². The summed E-state index contributed by atoms with van der Waals surface area (Å²) in [6.07, 6.45) is 3.27. The molecule has 1 aliphatic heterocycles. The minimum atomic E-state index is 0.359. The van der Waals surface area contributed by atoms with Crippen LogP contribution in [0.2, 0.25) is 0 Å². The molecule has 1 aliphatic rings. The number of oxime groups is 1. The van der Waals surface area contributed by atoms with Crippen LogP contribution >= 0.6 is 0 Å². The summed E-state index contributed by atoms with van der Waals surface area (Å²) in [6, 6.07) is 0. The number of nitrogens with zero attached hydrogens (tertiary/aromatic N) is 1. The zero-order valence-corrected chi connectivity index (χ0v) is 7.17. The maximum Gasteiger partial charge on any atom is 0.106 e. The Labute approximate surface area is 67.4 Å². The van der Waals surface area contributed by atoms with Gasteiger partial charge in [0.15, 0.2) is 0 Å². The standard InChI is InChI=1S/C8H15NO2/c1-3-8-6-7(9-10-2)4-5-11-8/h8H,3-6H2,1-2H3/b9-7+. The van der Waals surface area contributed by atoms with E-state index in [-0.39, 0.29) is 0 Å². The highest BCUT2D eigenvalue weighted by Gasteiger charge is 2.16. The predicted octanol–water partition coefficient (Wildman–Crippen LogP) is 1.58. The Hall–Kier alpha value is -0.570. The van der Waals surface area contributed by atoms with E-state index in [0.29, 0.717) is 6.10 Å². The molecule has 0 aromatic rings. The Morgan fingerprint density at radius 1 is 1.73 bits per heavy atom. The SMILES string of the molecule is CCC1C/C(=N/OC)CCO1. The molecule has 3 heteroatoms. The fourth-order valence-electron chi connectivity index (χ4n) is 1.24. The minimum Gasteiger partial charge on any atom is -0.399 e. The van der Waals surface area contributed by atoms with E-state index in [2.05, 4.69) is 12.1 Å². The lowest BCUT2D eigenvalue weighted by molar-refractivity contribution is 0.0457. The van der Waals surface area contributed by atoms with Gasteiger partial charge >= 0.3 is 0 Å². The third-order valence-electron chi connectivity index (χ3n) is 1.88. The maximum absolute atomic E-state index is 5.47. The molecule has 0 N–H and O–H groups in total. The molecular weight excluding hydrogens is 142 g/mol. The van der Waals surface area contributed by atoms with Crippen LogP contribution in [0.15, 0.2) is 5.16 Å². The summed E-state index contributed by atoms with van der Waals surface area (Å²) in [5.41, 5.74) is 1.13. The first-order valence-electron chi connectivity index (χ1n) is 4.07. The van der Waals surface area contributed by atoms with E-state index >= 15 is 0 Å². The fourth-order valence-corrected chi connectivity index (χ4v) is 1.24. The number of ether oxygens (including phenoxy) is 1.